The molecule has 0 spiro atoms. The molecule has 1 atom stereocenters. The first-order chi connectivity index (χ1) is 14.0. The zero-order valence-corrected chi connectivity index (χ0v) is 16.6. The number of rotatable bonds is 3. The number of nitriles is 1. The average Bonchev–Trinajstić information content (AvgIpc) is 3.08. The smallest absolute Gasteiger partial charge is 0.0991 e. The van der Waals surface area contributed by atoms with E-state index in [1.165, 1.54) is 5.56 Å². The number of nitrogens with two attached hydrogens (primary N) is 1. The van der Waals surface area contributed by atoms with Gasteiger partial charge in [0, 0.05) is 42.3 Å². The highest BCUT2D eigenvalue weighted by atomic mass is 15.2. The molecule has 0 radical (unpaired) electrons. The van der Waals surface area contributed by atoms with Gasteiger partial charge in [-0.15, -0.1) is 0 Å². The van der Waals surface area contributed by atoms with Crippen LogP contribution in [0.15, 0.2) is 60.6 Å². The van der Waals surface area contributed by atoms with Crippen molar-refractivity contribution in [1.29, 1.82) is 5.26 Å². The Labute approximate surface area is 170 Å². The predicted molar refractivity (Wildman–Crippen MR) is 116 cm³/mol. The maximum atomic E-state index is 9.04. The molecule has 0 saturated heterocycles. The van der Waals surface area contributed by atoms with Crippen LogP contribution in [0.3, 0.4) is 0 Å². The van der Waals surface area contributed by atoms with Crippen molar-refractivity contribution in [3.05, 3.63) is 77.2 Å². The first kappa shape index (κ1) is 18.6. The fourth-order valence-electron chi connectivity index (χ4n) is 3.76. The number of nitrogens with zero attached hydrogens (tertiary/aromatic N) is 3. The third kappa shape index (κ3) is 3.81. The second kappa shape index (κ2) is 7.72. The number of hydrogen-bond donors (Lipinski definition) is 3. The number of fused-ring (bicyclic) bond motifs is 1. The highest BCUT2D eigenvalue weighted by Crippen LogP contribution is 2.35. The van der Waals surface area contributed by atoms with Crippen molar-refractivity contribution in [3.63, 3.8) is 0 Å². The van der Waals surface area contributed by atoms with Crippen molar-refractivity contribution < 1.29 is 0 Å². The van der Waals surface area contributed by atoms with E-state index in [-0.39, 0.29) is 6.04 Å². The van der Waals surface area contributed by atoms with Crippen LogP contribution in [-0.2, 0) is 7.05 Å². The maximum absolute atomic E-state index is 9.04. The summed E-state index contributed by atoms with van der Waals surface area (Å²) in [7, 11) is 1.92. The van der Waals surface area contributed by atoms with Crippen LogP contribution in [0.25, 0.3) is 16.8 Å². The van der Waals surface area contributed by atoms with Crippen molar-refractivity contribution in [2.24, 2.45) is 12.8 Å². The number of anilines is 1. The standard InChI is InChI=1S/C23H24N6/c1-15(25)23-20-8-5-17(18-13-27-29(2)14-18)11-21(20)22(9-10-26-23)28-19-6-3-16(12-24)4-7-19/h3-8,11,13-14,22,26,28H,9-10,25H2,1-2H3/b23-15-. The van der Waals surface area contributed by atoms with E-state index in [1.54, 1.807) is 0 Å². The Morgan fingerprint density at radius 3 is 2.69 bits per heavy atom. The van der Waals surface area contributed by atoms with Crippen molar-refractivity contribution in [1.82, 2.24) is 15.1 Å². The number of hydrogen-bond acceptors (Lipinski definition) is 5. The molecule has 4 N–H and O–H groups in total. The topological polar surface area (TPSA) is 91.7 Å². The Morgan fingerprint density at radius 1 is 1.24 bits per heavy atom. The van der Waals surface area contributed by atoms with Gasteiger partial charge in [0.1, 0.15) is 0 Å². The lowest BCUT2D eigenvalue weighted by Crippen LogP contribution is -2.16. The monoisotopic (exact) mass is 384 g/mol. The molecule has 0 aliphatic carbocycles. The molecule has 29 heavy (non-hydrogen) atoms. The molecule has 1 aliphatic heterocycles. The molecular formula is C23H24N6. The van der Waals surface area contributed by atoms with Gasteiger partial charge in [-0.05, 0) is 54.8 Å². The Morgan fingerprint density at radius 2 is 2.03 bits per heavy atom. The highest BCUT2D eigenvalue weighted by Gasteiger charge is 2.23. The van der Waals surface area contributed by atoms with Gasteiger partial charge < -0.3 is 16.4 Å². The summed E-state index contributed by atoms with van der Waals surface area (Å²) < 4.78 is 1.81. The van der Waals surface area contributed by atoms with E-state index >= 15 is 0 Å². The van der Waals surface area contributed by atoms with Crippen molar-refractivity contribution in [2.75, 3.05) is 11.9 Å². The second-order valence-corrected chi connectivity index (χ2v) is 7.36. The molecule has 3 aromatic rings. The summed E-state index contributed by atoms with van der Waals surface area (Å²) in [6, 6.07) is 16.3. The predicted octanol–water partition coefficient (Wildman–Crippen LogP) is 3.75. The summed E-state index contributed by atoms with van der Waals surface area (Å²) in [5, 5.41) is 20.5. The molecule has 2 heterocycles. The number of benzene rings is 2. The van der Waals surface area contributed by atoms with Crippen LogP contribution in [-0.4, -0.2) is 16.3 Å². The van der Waals surface area contributed by atoms with Gasteiger partial charge in [0.2, 0.25) is 0 Å². The minimum atomic E-state index is 0.110. The van der Waals surface area contributed by atoms with Gasteiger partial charge in [0.15, 0.2) is 0 Å². The van der Waals surface area contributed by atoms with Crippen LogP contribution in [0.5, 0.6) is 0 Å². The van der Waals surface area contributed by atoms with E-state index in [0.717, 1.165) is 46.7 Å². The molecule has 6 nitrogen and oxygen atoms in total. The third-order valence-corrected chi connectivity index (χ3v) is 5.22. The maximum Gasteiger partial charge on any atom is 0.0991 e. The SMILES string of the molecule is C/C(N)=C1/NCCC(Nc2ccc(C#N)cc2)c2cc(-c3cnn(C)c3)ccc21. The van der Waals surface area contributed by atoms with Crippen molar-refractivity contribution >= 4 is 11.4 Å². The number of aryl methyl sites for hydroxylation is 1. The zero-order valence-electron chi connectivity index (χ0n) is 16.6. The van der Waals surface area contributed by atoms with Gasteiger partial charge >= 0.3 is 0 Å². The van der Waals surface area contributed by atoms with Crippen LogP contribution >= 0.6 is 0 Å². The van der Waals surface area contributed by atoms with E-state index < -0.39 is 0 Å². The van der Waals surface area contributed by atoms with E-state index in [4.69, 9.17) is 11.0 Å². The first-order valence-corrected chi connectivity index (χ1v) is 9.65. The summed E-state index contributed by atoms with van der Waals surface area (Å²) in [6.07, 6.45) is 4.80. The van der Waals surface area contributed by atoms with Gasteiger partial charge in [-0.3, -0.25) is 4.68 Å². The second-order valence-electron chi connectivity index (χ2n) is 7.36. The fourth-order valence-corrected chi connectivity index (χ4v) is 3.76. The van der Waals surface area contributed by atoms with Gasteiger partial charge in [-0.1, -0.05) is 12.1 Å². The Balaban J connectivity index is 1.77. The number of aromatic nitrogens is 2. The van der Waals surface area contributed by atoms with Crippen LogP contribution < -0.4 is 16.4 Å². The van der Waals surface area contributed by atoms with Gasteiger partial charge in [0.05, 0.1) is 29.6 Å². The molecule has 6 heteroatoms. The van der Waals surface area contributed by atoms with E-state index in [2.05, 4.69) is 40.0 Å². The minimum absolute atomic E-state index is 0.110. The third-order valence-electron chi connectivity index (χ3n) is 5.22. The molecule has 1 unspecified atom stereocenters. The van der Waals surface area contributed by atoms with Crippen molar-refractivity contribution in [2.45, 2.75) is 19.4 Å². The lowest BCUT2D eigenvalue weighted by atomic mass is 9.93. The Hall–Kier alpha value is -3.72. The molecule has 0 bridgehead atoms. The molecule has 1 aliphatic rings. The molecule has 0 saturated carbocycles. The summed E-state index contributed by atoms with van der Waals surface area (Å²) in [6.45, 7) is 2.74. The van der Waals surface area contributed by atoms with E-state index in [9.17, 15) is 0 Å². The molecule has 0 fully saturated rings. The van der Waals surface area contributed by atoms with Crippen LogP contribution in [0.1, 0.15) is 36.1 Å². The average molecular weight is 384 g/mol. The molecular weight excluding hydrogens is 360 g/mol. The molecule has 2 aromatic carbocycles. The highest BCUT2D eigenvalue weighted by molar-refractivity contribution is 5.75. The lowest BCUT2D eigenvalue weighted by molar-refractivity contribution is 0.683. The normalized spacial score (nSPS) is 17.5. The van der Waals surface area contributed by atoms with Gasteiger partial charge in [0.25, 0.3) is 0 Å². The summed E-state index contributed by atoms with van der Waals surface area (Å²) in [5.74, 6) is 0. The van der Waals surface area contributed by atoms with Gasteiger partial charge in [-0.25, -0.2) is 0 Å². The Bertz CT molecular complexity index is 1100. The van der Waals surface area contributed by atoms with Crippen LogP contribution in [0.4, 0.5) is 5.69 Å². The summed E-state index contributed by atoms with van der Waals surface area (Å²) >= 11 is 0. The molecule has 4 rings (SSSR count). The quantitative estimate of drug-likeness (QED) is 0.640. The van der Waals surface area contributed by atoms with Crippen molar-refractivity contribution in [3.8, 4) is 17.2 Å². The minimum Gasteiger partial charge on any atom is -0.401 e. The largest absolute Gasteiger partial charge is 0.401 e. The number of nitrogens with one attached hydrogen (secondary N) is 2. The molecule has 0 amide bonds. The molecule has 1 aromatic heterocycles. The van der Waals surface area contributed by atoms with Crippen LogP contribution in [0, 0.1) is 11.3 Å². The lowest BCUT2D eigenvalue weighted by Gasteiger charge is -2.21. The Kier molecular flexibility index (Phi) is 4.96. The number of allylic oxidation sites excluding steroid dienone is 1. The zero-order chi connectivity index (χ0) is 20.4. The first-order valence-electron chi connectivity index (χ1n) is 9.65. The van der Waals surface area contributed by atoms with E-state index in [1.807, 2.05) is 55.3 Å². The van der Waals surface area contributed by atoms with Crippen LogP contribution in [0.2, 0.25) is 0 Å². The molecule has 146 valence electrons. The fraction of sp³-hybridized carbons (Fsp3) is 0.217. The summed E-state index contributed by atoms with van der Waals surface area (Å²) in [5.41, 5.74) is 14.1. The van der Waals surface area contributed by atoms with E-state index in [0.29, 0.717) is 5.56 Å². The summed E-state index contributed by atoms with van der Waals surface area (Å²) in [4.78, 5) is 0. The van der Waals surface area contributed by atoms with Gasteiger partial charge in [-0.2, -0.15) is 10.4 Å².